The van der Waals surface area contributed by atoms with Crippen LogP contribution >= 0.6 is 11.6 Å². The summed E-state index contributed by atoms with van der Waals surface area (Å²) in [7, 11) is -1.97. The molecule has 1 N–H and O–H groups in total. The molecule has 0 bridgehead atoms. The molecule has 2 aromatic carbocycles. The number of ether oxygens (including phenoxy) is 1. The van der Waals surface area contributed by atoms with Gasteiger partial charge in [-0.2, -0.15) is 0 Å². The zero-order valence-electron chi connectivity index (χ0n) is 12.0. The Labute approximate surface area is 138 Å². The maximum absolute atomic E-state index is 12.4. The van der Waals surface area contributed by atoms with Gasteiger partial charge >= 0.3 is 0 Å². The first kappa shape index (κ1) is 15.6. The molecule has 0 saturated heterocycles. The van der Waals surface area contributed by atoms with Crippen LogP contribution < -0.4 is 10.1 Å². The van der Waals surface area contributed by atoms with E-state index in [2.05, 4.69) is 5.32 Å². The maximum atomic E-state index is 12.4. The van der Waals surface area contributed by atoms with Crippen molar-refractivity contribution < 1.29 is 17.9 Å². The van der Waals surface area contributed by atoms with Crippen molar-refractivity contribution in [3.8, 4) is 5.75 Å². The van der Waals surface area contributed by atoms with Crippen LogP contribution in [0.3, 0.4) is 0 Å². The Kier molecular flexibility index (Phi) is 3.87. The van der Waals surface area contributed by atoms with E-state index in [-0.39, 0.29) is 10.5 Å². The van der Waals surface area contributed by atoms with Crippen LogP contribution in [-0.2, 0) is 9.84 Å². The van der Waals surface area contributed by atoms with Crippen molar-refractivity contribution in [1.82, 2.24) is 0 Å². The molecule has 0 fully saturated rings. The van der Waals surface area contributed by atoms with E-state index >= 15 is 0 Å². The smallest absolute Gasteiger partial charge is 0.259 e. The Morgan fingerprint density at radius 2 is 1.96 bits per heavy atom. The lowest BCUT2D eigenvalue weighted by atomic mass is 10.1. The summed E-state index contributed by atoms with van der Waals surface area (Å²) in [5, 5.41) is 4.20. The highest BCUT2D eigenvalue weighted by Crippen LogP contribution is 2.30. The van der Waals surface area contributed by atoms with Gasteiger partial charge in [-0.3, -0.25) is 4.79 Å². The van der Waals surface area contributed by atoms with E-state index in [1.807, 2.05) is 0 Å². The van der Waals surface area contributed by atoms with Crippen molar-refractivity contribution >= 4 is 39.1 Å². The number of carbonyl (C=O) groups is 1. The quantitative estimate of drug-likeness (QED) is 0.922. The van der Waals surface area contributed by atoms with Crippen LogP contribution in [0.15, 0.2) is 46.7 Å². The number of methoxy groups -OCH3 is 1. The number of rotatable bonds is 3. The van der Waals surface area contributed by atoms with E-state index in [0.29, 0.717) is 22.0 Å². The molecule has 23 heavy (non-hydrogen) atoms. The molecule has 0 atom stereocenters. The van der Waals surface area contributed by atoms with Gasteiger partial charge in [0, 0.05) is 16.1 Å². The first-order valence-corrected chi connectivity index (χ1v) is 8.55. The highest BCUT2D eigenvalue weighted by Gasteiger charge is 2.21. The molecule has 118 valence electrons. The first-order chi connectivity index (χ1) is 10.9. The van der Waals surface area contributed by atoms with Gasteiger partial charge in [0.1, 0.15) is 5.75 Å². The van der Waals surface area contributed by atoms with Crippen molar-refractivity contribution in [2.24, 2.45) is 0 Å². The number of carbonyl (C=O) groups excluding carboxylic acids is 1. The van der Waals surface area contributed by atoms with Gasteiger partial charge < -0.3 is 10.1 Å². The molecule has 2 aromatic rings. The summed E-state index contributed by atoms with van der Waals surface area (Å²) >= 11 is 5.91. The summed E-state index contributed by atoms with van der Waals surface area (Å²) in [6.45, 7) is 0. The van der Waals surface area contributed by atoms with E-state index in [1.165, 1.54) is 25.3 Å². The highest BCUT2D eigenvalue weighted by molar-refractivity contribution is 7.94. The predicted octanol–water partition coefficient (Wildman–Crippen LogP) is 3.36. The third kappa shape index (κ3) is 2.95. The number of nitrogens with one attached hydrogen (secondary N) is 1. The molecule has 0 unspecified atom stereocenters. The number of fused-ring (bicyclic) bond motifs is 1. The lowest BCUT2D eigenvalue weighted by Crippen LogP contribution is -2.13. The summed E-state index contributed by atoms with van der Waals surface area (Å²) in [6.07, 6.45) is 1.52. The van der Waals surface area contributed by atoms with Crippen LogP contribution in [0.5, 0.6) is 5.75 Å². The molecule has 0 spiro atoms. The number of hydrogen-bond donors (Lipinski definition) is 1. The molecule has 0 aromatic heterocycles. The minimum Gasteiger partial charge on any atom is -0.496 e. The summed E-state index contributed by atoms with van der Waals surface area (Å²) in [5.41, 5.74) is 1.24. The SMILES string of the molecule is COc1ccc(Cl)cc1C(=O)Nc1ccc2c(c1)S(=O)(=O)C=C2. The van der Waals surface area contributed by atoms with E-state index in [9.17, 15) is 13.2 Å². The topological polar surface area (TPSA) is 72.5 Å². The number of benzene rings is 2. The van der Waals surface area contributed by atoms with Gasteiger partial charge in [0.25, 0.3) is 5.91 Å². The van der Waals surface area contributed by atoms with Gasteiger partial charge in [0.15, 0.2) is 0 Å². The molecular weight excluding hydrogens is 338 g/mol. The van der Waals surface area contributed by atoms with Crippen molar-refractivity contribution in [3.05, 3.63) is 58.0 Å². The van der Waals surface area contributed by atoms with Gasteiger partial charge in [-0.05, 0) is 42.0 Å². The normalized spacial score (nSPS) is 14.3. The summed E-state index contributed by atoms with van der Waals surface area (Å²) in [4.78, 5) is 12.6. The largest absolute Gasteiger partial charge is 0.496 e. The average Bonchev–Trinajstić information content (AvgIpc) is 2.82. The number of sulfone groups is 1. The van der Waals surface area contributed by atoms with Crippen molar-refractivity contribution in [2.45, 2.75) is 4.90 Å². The molecule has 1 heterocycles. The van der Waals surface area contributed by atoms with Gasteiger partial charge in [-0.1, -0.05) is 17.7 Å². The van der Waals surface area contributed by atoms with Crippen molar-refractivity contribution in [2.75, 3.05) is 12.4 Å². The Balaban J connectivity index is 1.92. The fourth-order valence-electron chi connectivity index (χ4n) is 2.29. The second kappa shape index (κ2) is 5.72. The summed E-state index contributed by atoms with van der Waals surface area (Å²) < 4.78 is 28.9. The molecule has 3 rings (SSSR count). The highest BCUT2D eigenvalue weighted by atomic mass is 35.5. The van der Waals surface area contributed by atoms with Gasteiger partial charge in [0.05, 0.1) is 17.6 Å². The fourth-order valence-corrected chi connectivity index (χ4v) is 3.69. The number of halogens is 1. The minimum atomic E-state index is -3.43. The average molecular weight is 350 g/mol. The minimum absolute atomic E-state index is 0.174. The lowest BCUT2D eigenvalue weighted by molar-refractivity contribution is 0.102. The number of anilines is 1. The Bertz CT molecular complexity index is 935. The van der Waals surface area contributed by atoms with E-state index < -0.39 is 15.7 Å². The maximum Gasteiger partial charge on any atom is 0.259 e. The molecule has 7 heteroatoms. The third-order valence-corrected chi connectivity index (χ3v) is 5.11. The van der Waals surface area contributed by atoms with E-state index in [1.54, 1.807) is 24.3 Å². The van der Waals surface area contributed by atoms with Crippen LogP contribution in [0.25, 0.3) is 6.08 Å². The van der Waals surface area contributed by atoms with Crippen LogP contribution in [0.1, 0.15) is 15.9 Å². The molecule has 1 aliphatic rings. The Hall–Kier alpha value is -2.31. The van der Waals surface area contributed by atoms with Crippen LogP contribution in [0.2, 0.25) is 5.02 Å². The monoisotopic (exact) mass is 349 g/mol. The molecular formula is C16H12ClNO4S. The summed E-state index contributed by atoms with van der Waals surface area (Å²) in [5.74, 6) is -0.0602. The van der Waals surface area contributed by atoms with E-state index in [0.717, 1.165) is 5.41 Å². The molecule has 0 radical (unpaired) electrons. The van der Waals surface area contributed by atoms with Crippen LogP contribution in [0, 0.1) is 0 Å². The lowest BCUT2D eigenvalue weighted by Gasteiger charge is -2.10. The predicted molar refractivity (Wildman–Crippen MR) is 88.6 cm³/mol. The third-order valence-electron chi connectivity index (χ3n) is 3.41. The van der Waals surface area contributed by atoms with Gasteiger partial charge in [-0.15, -0.1) is 0 Å². The molecule has 1 amide bonds. The van der Waals surface area contributed by atoms with Crippen LogP contribution in [0.4, 0.5) is 5.69 Å². The number of hydrogen-bond acceptors (Lipinski definition) is 4. The van der Waals surface area contributed by atoms with Crippen molar-refractivity contribution in [3.63, 3.8) is 0 Å². The fraction of sp³-hybridized carbons (Fsp3) is 0.0625. The number of amides is 1. The van der Waals surface area contributed by atoms with Gasteiger partial charge in [-0.25, -0.2) is 8.42 Å². The second-order valence-corrected chi connectivity index (χ2v) is 7.14. The molecule has 5 nitrogen and oxygen atoms in total. The van der Waals surface area contributed by atoms with Gasteiger partial charge in [0.2, 0.25) is 9.84 Å². The standard InChI is InChI=1S/C16H12ClNO4S/c1-22-14-5-3-11(17)8-13(14)16(19)18-12-4-2-10-6-7-23(20,21)15(10)9-12/h2-9H,1H3,(H,18,19). The second-order valence-electron chi connectivity index (χ2n) is 4.90. The zero-order chi connectivity index (χ0) is 16.6. The molecule has 1 aliphatic heterocycles. The van der Waals surface area contributed by atoms with Crippen molar-refractivity contribution in [1.29, 1.82) is 0 Å². The molecule has 0 saturated carbocycles. The van der Waals surface area contributed by atoms with E-state index in [4.69, 9.17) is 16.3 Å². The van der Waals surface area contributed by atoms with Crippen LogP contribution in [-0.4, -0.2) is 21.4 Å². The summed E-state index contributed by atoms with van der Waals surface area (Å²) in [6, 6.07) is 9.40. The Morgan fingerprint density at radius 1 is 1.17 bits per heavy atom. The zero-order valence-corrected chi connectivity index (χ0v) is 13.6. The Morgan fingerprint density at radius 3 is 2.70 bits per heavy atom. The molecule has 0 aliphatic carbocycles. The first-order valence-electron chi connectivity index (χ1n) is 6.63.